The van der Waals surface area contributed by atoms with E-state index in [1.165, 1.54) is 77.0 Å². The molecule has 0 saturated heterocycles. The Morgan fingerprint density at radius 3 is 1.61 bits per heavy atom. The van der Waals surface area contributed by atoms with Crippen LogP contribution in [0, 0.1) is 5.92 Å². The smallest absolute Gasteiger partial charge is 0.183 e. The minimum absolute atomic E-state index is 0.895. The zero-order valence-corrected chi connectivity index (χ0v) is 13.1. The molecule has 0 unspecified atom stereocenters. The van der Waals surface area contributed by atoms with Crippen LogP contribution in [0.15, 0.2) is 0 Å². The van der Waals surface area contributed by atoms with E-state index in [-0.39, 0.29) is 0 Å². The molecule has 0 aromatic rings. The van der Waals surface area contributed by atoms with Gasteiger partial charge in [0.25, 0.3) is 0 Å². The second-order valence-corrected chi connectivity index (χ2v) is 10.2. The molecule has 3 aliphatic carbocycles. The van der Waals surface area contributed by atoms with E-state index in [0.717, 1.165) is 23.6 Å². The van der Waals surface area contributed by atoms with E-state index in [1.54, 1.807) is 0 Å². The Kier molecular flexibility index (Phi) is 4.80. The number of hydrogen-bond acceptors (Lipinski definition) is 1. The van der Waals surface area contributed by atoms with Crippen molar-refractivity contribution in [2.75, 3.05) is 6.61 Å². The fraction of sp³-hybridized carbons (Fsp3) is 1.00. The van der Waals surface area contributed by atoms with Crippen molar-refractivity contribution in [1.29, 1.82) is 0 Å². The van der Waals surface area contributed by atoms with Crippen LogP contribution in [0.1, 0.15) is 77.0 Å². The molecule has 104 valence electrons. The highest BCUT2D eigenvalue weighted by Gasteiger charge is 2.36. The molecule has 0 aromatic carbocycles. The van der Waals surface area contributed by atoms with E-state index >= 15 is 0 Å². The summed E-state index contributed by atoms with van der Waals surface area (Å²) in [6.45, 7) is 1.14. The standard InChI is InChI=1S/C16H30OSi/c1-2-8-14(7-1)13-17-18(15-9-3-4-10-15)16-11-5-6-12-16/h14-16,18H,1-13H2. The molecular formula is C16H30OSi. The summed E-state index contributed by atoms with van der Waals surface area (Å²) < 4.78 is 6.63. The Morgan fingerprint density at radius 2 is 1.11 bits per heavy atom. The van der Waals surface area contributed by atoms with Crippen LogP contribution in [-0.2, 0) is 4.43 Å². The molecule has 3 saturated carbocycles. The van der Waals surface area contributed by atoms with Gasteiger partial charge in [-0.15, -0.1) is 0 Å². The van der Waals surface area contributed by atoms with Crippen molar-refractivity contribution >= 4 is 9.04 Å². The highest BCUT2D eigenvalue weighted by atomic mass is 28.3. The largest absolute Gasteiger partial charge is 0.419 e. The molecule has 0 spiro atoms. The van der Waals surface area contributed by atoms with Gasteiger partial charge in [-0.2, -0.15) is 0 Å². The quantitative estimate of drug-likeness (QED) is 0.649. The Morgan fingerprint density at radius 1 is 0.667 bits per heavy atom. The lowest BCUT2D eigenvalue weighted by Crippen LogP contribution is -2.30. The van der Waals surface area contributed by atoms with Crippen molar-refractivity contribution in [2.24, 2.45) is 5.92 Å². The second-order valence-electron chi connectivity index (χ2n) is 7.04. The summed E-state index contributed by atoms with van der Waals surface area (Å²) in [4.78, 5) is 0. The lowest BCUT2D eigenvalue weighted by Gasteiger charge is -2.28. The molecule has 3 aliphatic rings. The third-order valence-corrected chi connectivity index (χ3v) is 9.50. The Bertz CT molecular complexity index is 221. The highest BCUT2D eigenvalue weighted by Crippen LogP contribution is 2.44. The van der Waals surface area contributed by atoms with Crippen molar-refractivity contribution in [2.45, 2.75) is 88.1 Å². The third kappa shape index (κ3) is 3.19. The summed E-state index contributed by atoms with van der Waals surface area (Å²) in [6, 6.07) is 0. The predicted octanol–water partition coefficient (Wildman–Crippen LogP) is 4.81. The Hall–Kier alpha value is 0.177. The van der Waals surface area contributed by atoms with E-state index in [4.69, 9.17) is 4.43 Å². The fourth-order valence-corrected chi connectivity index (χ4v) is 8.72. The molecular weight excluding hydrogens is 236 g/mol. The molecule has 3 fully saturated rings. The van der Waals surface area contributed by atoms with Crippen molar-refractivity contribution in [1.82, 2.24) is 0 Å². The topological polar surface area (TPSA) is 9.23 Å². The average Bonchev–Trinajstić information content (AvgIpc) is 3.14. The first kappa shape index (κ1) is 13.2. The molecule has 1 nitrogen and oxygen atoms in total. The van der Waals surface area contributed by atoms with Crippen LogP contribution in [0.5, 0.6) is 0 Å². The molecule has 0 radical (unpaired) electrons. The lowest BCUT2D eigenvalue weighted by atomic mass is 10.1. The van der Waals surface area contributed by atoms with Gasteiger partial charge in [-0.25, -0.2) is 0 Å². The zero-order valence-electron chi connectivity index (χ0n) is 11.9. The van der Waals surface area contributed by atoms with Crippen LogP contribution >= 0.6 is 0 Å². The van der Waals surface area contributed by atoms with Gasteiger partial charge in [-0.05, 0) is 29.8 Å². The predicted molar refractivity (Wildman–Crippen MR) is 79.5 cm³/mol. The van der Waals surface area contributed by atoms with Gasteiger partial charge in [0.1, 0.15) is 0 Å². The first-order chi connectivity index (χ1) is 8.93. The van der Waals surface area contributed by atoms with Crippen molar-refractivity contribution < 1.29 is 4.43 Å². The fourth-order valence-electron chi connectivity index (χ4n) is 4.65. The van der Waals surface area contributed by atoms with Crippen LogP contribution in [0.3, 0.4) is 0 Å². The molecule has 2 heteroatoms. The molecule has 0 heterocycles. The molecule has 0 amide bonds. The normalized spacial score (nSPS) is 27.8. The average molecular weight is 267 g/mol. The minimum atomic E-state index is -0.895. The summed E-state index contributed by atoms with van der Waals surface area (Å²) in [5.41, 5.74) is 2.10. The van der Waals surface area contributed by atoms with Crippen molar-refractivity contribution in [3.63, 3.8) is 0 Å². The summed E-state index contributed by atoms with van der Waals surface area (Å²) in [5, 5.41) is 0. The van der Waals surface area contributed by atoms with E-state index in [1.807, 2.05) is 0 Å². The summed E-state index contributed by atoms with van der Waals surface area (Å²) in [7, 11) is -0.895. The second kappa shape index (κ2) is 6.56. The molecule has 0 N–H and O–H groups in total. The monoisotopic (exact) mass is 266 g/mol. The summed E-state index contributed by atoms with van der Waals surface area (Å²) in [5.74, 6) is 0.933. The first-order valence-electron chi connectivity index (χ1n) is 8.55. The van der Waals surface area contributed by atoms with Gasteiger partial charge in [-0.1, -0.05) is 64.2 Å². The summed E-state index contributed by atoms with van der Waals surface area (Å²) >= 11 is 0. The van der Waals surface area contributed by atoms with Crippen LogP contribution in [-0.4, -0.2) is 15.6 Å². The summed E-state index contributed by atoms with van der Waals surface area (Å²) in [6.07, 6.45) is 17.9. The van der Waals surface area contributed by atoms with Gasteiger partial charge in [0.05, 0.1) is 0 Å². The molecule has 0 bridgehead atoms. The van der Waals surface area contributed by atoms with Gasteiger partial charge < -0.3 is 4.43 Å². The van der Waals surface area contributed by atoms with E-state index in [2.05, 4.69) is 0 Å². The molecule has 0 atom stereocenters. The number of hydrogen-bond donors (Lipinski definition) is 0. The number of rotatable bonds is 5. The van der Waals surface area contributed by atoms with Crippen LogP contribution in [0.2, 0.25) is 11.1 Å². The first-order valence-corrected chi connectivity index (χ1v) is 10.4. The van der Waals surface area contributed by atoms with Crippen LogP contribution in [0.25, 0.3) is 0 Å². The SMILES string of the molecule is C1CCC(CO[SiH](C2CCCC2)C2CCCC2)C1. The van der Waals surface area contributed by atoms with Gasteiger partial charge in [0.2, 0.25) is 0 Å². The minimum Gasteiger partial charge on any atom is -0.419 e. The third-order valence-electron chi connectivity index (χ3n) is 5.73. The van der Waals surface area contributed by atoms with E-state index in [0.29, 0.717) is 0 Å². The lowest BCUT2D eigenvalue weighted by molar-refractivity contribution is 0.240. The van der Waals surface area contributed by atoms with Crippen LogP contribution in [0.4, 0.5) is 0 Å². The molecule has 18 heavy (non-hydrogen) atoms. The highest BCUT2D eigenvalue weighted by molar-refractivity contribution is 6.55. The zero-order chi connectivity index (χ0) is 12.2. The Balaban J connectivity index is 1.53. The maximum Gasteiger partial charge on any atom is 0.183 e. The van der Waals surface area contributed by atoms with Crippen molar-refractivity contribution in [3.05, 3.63) is 0 Å². The van der Waals surface area contributed by atoms with Gasteiger partial charge in [-0.3, -0.25) is 0 Å². The molecule has 0 aromatic heterocycles. The molecule has 3 rings (SSSR count). The maximum absolute atomic E-state index is 6.63. The van der Waals surface area contributed by atoms with E-state index < -0.39 is 9.04 Å². The molecule has 0 aliphatic heterocycles. The van der Waals surface area contributed by atoms with Gasteiger partial charge >= 0.3 is 0 Å². The van der Waals surface area contributed by atoms with Gasteiger partial charge in [0.15, 0.2) is 9.04 Å². The maximum atomic E-state index is 6.63. The van der Waals surface area contributed by atoms with Gasteiger partial charge in [0, 0.05) is 6.61 Å². The van der Waals surface area contributed by atoms with Crippen molar-refractivity contribution in [3.8, 4) is 0 Å². The van der Waals surface area contributed by atoms with E-state index in [9.17, 15) is 0 Å². The van der Waals surface area contributed by atoms with Crippen LogP contribution < -0.4 is 0 Å². The Labute approximate surface area is 114 Å².